The highest BCUT2D eigenvalue weighted by atomic mass is 32.1. The number of nitrogens with one attached hydrogen (secondary N) is 1. The molecule has 1 aliphatic carbocycles. The number of likely N-dealkylation sites (tertiary alicyclic amines) is 1. The normalized spacial score (nSPS) is 17.9. The molecule has 0 aromatic carbocycles. The van der Waals surface area contributed by atoms with Gasteiger partial charge in [-0.25, -0.2) is 4.68 Å². The first-order valence-corrected chi connectivity index (χ1v) is 11.7. The molecule has 1 amide bonds. The van der Waals surface area contributed by atoms with Crippen LogP contribution in [0.2, 0.25) is 0 Å². The van der Waals surface area contributed by atoms with Crippen LogP contribution >= 0.6 is 12.2 Å². The van der Waals surface area contributed by atoms with E-state index in [0.717, 1.165) is 67.9 Å². The Balaban J connectivity index is 1.37. The third-order valence-electron chi connectivity index (χ3n) is 6.07. The maximum absolute atomic E-state index is 12.4. The van der Waals surface area contributed by atoms with Gasteiger partial charge in [-0.15, -0.1) is 0 Å². The molecule has 4 rings (SSSR count). The Morgan fingerprint density at radius 3 is 2.70 bits per heavy atom. The van der Waals surface area contributed by atoms with Gasteiger partial charge < -0.3 is 5.32 Å². The fourth-order valence-corrected chi connectivity index (χ4v) is 4.46. The van der Waals surface area contributed by atoms with Gasteiger partial charge in [-0.05, 0) is 56.5 Å². The van der Waals surface area contributed by atoms with Gasteiger partial charge >= 0.3 is 0 Å². The Morgan fingerprint density at radius 1 is 1.23 bits per heavy atom. The molecule has 0 radical (unpaired) electrons. The number of carbonyl (C=O) groups is 1. The first-order valence-electron chi connectivity index (χ1n) is 11.3. The smallest absolute Gasteiger partial charge is 0.223 e. The van der Waals surface area contributed by atoms with E-state index in [1.807, 2.05) is 23.0 Å². The van der Waals surface area contributed by atoms with Gasteiger partial charge in [-0.3, -0.25) is 19.2 Å². The summed E-state index contributed by atoms with van der Waals surface area (Å²) in [5, 5.41) is 7.97. The zero-order chi connectivity index (χ0) is 20.9. The lowest BCUT2D eigenvalue weighted by Gasteiger charge is -2.30. The van der Waals surface area contributed by atoms with Crippen molar-refractivity contribution in [1.29, 1.82) is 0 Å². The predicted molar refractivity (Wildman–Crippen MR) is 119 cm³/mol. The van der Waals surface area contributed by atoms with Crippen molar-refractivity contribution in [3.63, 3.8) is 0 Å². The monoisotopic (exact) mass is 428 g/mol. The first kappa shape index (κ1) is 21.2. The lowest BCUT2D eigenvalue weighted by atomic mass is 9.96. The third kappa shape index (κ3) is 4.98. The minimum Gasteiger partial charge on any atom is -0.356 e. The summed E-state index contributed by atoms with van der Waals surface area (Å²) in [6, 6.07) is 4.44. The third-order valence-corrected chi connectivity index (χ3v) is 6.48. The number of nitrogens with zero attached hydrogens (tertiary/aromatic N) is 5. The summed E-state index contributed by atoms with van der Waals surface area (Å²) in [6.07, 6.45) is 11.2. The Bertz CT molecular complexity index is 896. The minimum atomic E-state index is 0.130. The fourth-order valence-electron chi connectivity index (χ4n) is 4.12. The Hall–Kier alpha value is -2.06. The van der Waals surface area contributed by atoms with Gasteiger partial charge in [0.2, 0.25) is 5.91 Å². The second kappa shape index (κ2) is 9.83. The fraction of sp³-hybridized carbons (Fsp3) is 0.636. The van der Waals surface area contributed by atoms with Gasteiger partial charge in [-0.1, -0.05) is 19.8 Å². The van der Waals surface area contributed by atoms with Gasteiger partial charge in [0.15, 0.2) is 10.6 Å². The number of unbranched alkanes of at least 4 members (excludes halogenated alkanes) is 2. The van der Waals surface area contributed by atoms with Crippen molar-refractivity contribution in [2.45, 2.75) is 64.6 Å². The lowest BCUT2D eigenvalue weighted by Crippen LogP contribution is -2.41. The summed E-state index contributed by atoms with van der Waals surface area (Å²) in [5.41, 5.74) is 1.01. The minimum absolute atomic E-state index is 0.130. The summed E-state index contributed by atoms with van der Waals surface area (Å²) >= 11 is 5.78. The second-order valence-electron chi connectivity index (χ2n) is 8.48. The molecule has 0 spiro atoms. The zero-order valence-corrected chi connectivity index (χ0v) is 18.6. The lowest BCUT2D eigenvalue weighted by molar-refractivity contribution is -0.126. The molecule has 1 N–H and O–H groups in total. The van der Waals surface area contributed by atoms with E-state index < -0.39 is 0 Å². The second-order valence-corrected chi connectivity index (χ2v) is 8.85. The molecule has 2 aliphatic rings. The first-order chi connectivity index (χ1) is 14.7. The summed E-state index contributed by atoms with van der Waals surface area (Å²) in [4.78, 5) is 19.0. The highest BCUT2D eigenvalue weighted by Crippen LogP contribution is 2.38. The maximum atomic E-state index is 12.4. The number of rotatable bonds is 9. The number of amides is 1. The predicted octanol–water partition coefficient (Wildman–Crippen LogP) is 3.79. The van der Waals surface area contributed by atoms with Crippen LogP contribution in [0.25, 0.3) is 11.4 Å². The van der Waals surface area contributed by atoms with E-state index in [4.69, 9.17) is 17.3 Å². The molecule has 2 fully saturated rings. The van der Waals surface area contributed by atoms with E-state index in [1.165, 1.54) is 12.8 Å². The van der Waals surface area contributed by atoms with Crippen molar-refractivity contribution in [3.05, 3.63) is 29.3 Å². The van der Waals surface area contributed by atoms with Crippen molar-refractivity contribution >= 4 is 18.1 Å². The van der Waals surface area contributed by atoms with E-state index in [2.05, 4.69) is 26.7 Å². The molecule has 1 saturated heterocycles. The van der Waals surface area contributed by atoms with Crippen LogP contribution in [0, 0.1) is 10.7 Å². The van der Waals surface area contributed by atoms with Gasteiger partial charge in [0, 0.05) is 49.6 Å². The molecular formula is C22H32N6OS. The largest absolute Gasteiger partial charge is 0.356 e. The van der Waals surface area contributed by atoms with Crippen molar-refractivity contribution in [2.24, 2.45) is 5.92 Å². The molecule has 2 aromatic heterocycles. The Labute approximate surface area is 183 Å². The number of aromatic nitrogens is 4. The van der Waals surface area contributed by atoms with Crippen LogP contribution in [-0.2, 0) is 11.5 Å². The zero-order valence-electron chi connectivity index (χ0n) is 17.8. The molecule has 1 saturated carbocycles. The van der Waals surface area contributed by atoms with Crippen LogP contribution in [0.4, 0.5) is 0 Å². The van der Waals surface area contributed by atoms with Crippen LogP contribution in [0.1, 0.15) is 57.9 Å². The number of hydrogen-bond acceptors (Lipinski definition) is 5. The van der Waals surface area contributed by atoms with Gasteiger partial charge in [0.25, 0.3) is 0 Å². The van der Waals surface area contributed by atoms with E-state index in [0.29, 0.717) is 12.7 Å². The molecule has 7 nitrogen and oxygen atoms in total. The van der Waals surface area contributed by atoms with Crippen LogP contribution in [0.5, 0.6) is 0 Å². The van der Waals surface area contributed by atoms with E-state index >= 15 is 0 Å². The molecular weight excluding hydrogens is 396 g/mol. The molecule has 0 atom stereocenters. The summed E-state index contributed by atoms with van der Waals surface area (Å²) in [5.74, 6) is 1.27. The van der Waals surface area contributed by atoms with E-state index in [1.54, 1.807) is 6.20 Å². The SMILES string of the molecule is CCCCCNC(=O)C1CCN(Cn2nc(-c3cccnc3)n(C3CC3)c2=S)CC1. The topological polar surface area (TPSA) is 68.0 Å². The van der Waals surface area contributed by atoms with E-state index in [9.17, 15) is 4.79 Å². The van der Waals surface area contributed by atoms with Crippen molar-refractivity contribution in [1.82, 2.24) is 29.5 Å². The van der Waals surface area contributed by atoms with Crippen molar-refractivity contribution < 1.29 is 4.79 Å². The van der Waals surface area contributed by atoms with Crippen molar-refractivity contribution in [3.8, 4) is 11.4 Å². The number of piperidine rings is 1. The number of pyridine rings is 1. The van der Waals surface area contributed by atoms with Crippen molar-refractivity contribution in [2.75, 3.05) is 19.6 Å². The molecule has 0 unspecified atom stereocenters. The molecule has 8 heteroatoms. The highest BCUT2D eigenvalue weighted by molar-refractivity contribution is 7.71. The molecule has 0 bridgehead atoms. The molecule has 162 valence electrons. The number of carbonyl (C=O) groups excluding carboxylic acids is 1. The molecule has 3 heterocycles. The van der Waals surface area contributed by atoms with Gasteiger partial charge in [0.1, 0.15) is 0 Å². The average Bonchev–Trinajstić information content (AvgIpc) is 3.56. The Kier molecular flexibility index (Phi) is 6.94. The summed E-state index contributed by atoms with van der Waals surface area (Å²) in [6.45, 7) is 5.45. The molecule has 30 heavy (non-hydrogen) atoms. The van der Waals surface area contributed by atoms with Crippen LogP contribution in [0.3, 0.4) is 0 Å². The van der Waals surface area contributed by atoms with Gasteiger partial charge in [0.05, 0.1) is 6.67 Å². The van der Waals surface area contributed by atoms with Gasteiger partial charge in [-0.2, -0.15) is 5.10 Å². The highest BCUT2D eigenvalue weighted by Gasteiger charge is 2.30. The standard InChI is InChI=1S/C22H32N6OS/c1-2-3-4-12-24-21(29)17-9-13-26(14-10-17)16-27-22(30)28(19-7-8-19)20(25-27)18-6-5-11-23-15-18/h5-6,11,15,17,19H,2-4,7-10,12-14,16H2,1H3,(H,24,29). The quantitative estimate of drug-likeness (QED) is 0.486. The average molecular weight is 429 g/mol. The van der Waals surface area contributed by atoms with E-state index in [-0.39, 0.29) is 11.8 Å². The molecule has 2 aromatic rings. The van der Waals surface area contributed by atoms with Crippen LogP contribution < -0.4 is 5.32 Å². The summed E-state index contributed by atoms with van der Waals surface area (Å²) in [7, 11) is 0. The maximum Gasteiger partial charge on any atom is 0.223 e. The number of hydrogen-bond donors (Lipinski definition) is 1. The molecule has 1 aliphatic heterocycles. The van der Waals surface area contributed by atoms with Crippen LogP contribution in [-0.4, -0.2) is 49.8 Å². The Morgan fingerprint density at radius 2 is 2.03 bits per heavy atom. The summed E-state index contributed by atoms with van der Waals surface area (Å²) < 4.78 is 4.93. The van der Waals surface area contributed by atoms with Crippen LogP contribution in [0.15, 0.2) is 24.5 Å².